The molecule has 0 bridgehead atoms. The maximum Gasteiger partial charge on any atom is 0.323 e. The number of allylic oxidation sites excluding steroid dienone is 2. The lowest BCUT2D eigenvalue weighted by molar-refractivity contribution is -0.138. The van der Waals surface area contributed by atoms with E-state index in [0.29, 0.717) is 114 Å². The summed E-state index contributed by atoms with van der Waals surface area (Å²) < 4.78 is 8.00. The highest BCUT2D eigenvalue weighted by atomic mass is 35.5. The minimum absolute atomic E-state index is 0.00539. The Morgan fingerprint density at radius 3 is 1.33 bits per heavy atom. The van der Waals surface area contributed by atoms with Crippen LogP contribution >= 0.6 is 69.6 Å². The van der Waals surface area contributed by atoms with Crippen molar-refractivity contribution in [2.45, 2.75) is 137 Å². The number of nitrogens with zero attached hydrogens (tertiary/aromatic N) is 6. The van der Waals surface area contributed by atoms with Crippen LogP contribution in [0, 0.1) is 18.3 Å². The number of carboxylic acid groups (broad SMARTS) is 6. The molecule has 6 N–H and O–H groups in total. The van der Waals surface area contributed by atoms with Gasteiger partial charge in [0, 0.05) is 71.3 Å². The molecule has 1 saturated carbocycles. The summed E-state index contributed by atoms with van der Waals surface area (Å²) in [6.07, 6.45) is 17.5. The second kappa shape index (κ2) is 44.4. The molecule has 21 rings (SSSR count). The van der Waals surface area contributed by atoms with E-state index in [1.54, 1.807) is 117 Å². The Labute approximate surface area is 854 Å². The lowest BCUT2D eigenvalue weighted by atomic mass is 9.75. The van der Waals surface area contributed by atoms with Crippen molar-refractivity contribution in [1.82, 2.24) is 22.8 Å². The average Bonchev–Trinajstić information content (AvgIpc) is 0.744. The second-order valence-corrected chi connectivity index (χ2v) is 39.3. The fourth-order valence-corrected chi connectivity index (χ4v) is 21.4. The van der Waals surface area contributed by atoms with Crippen LogP contribution in [0.4, 0.5) is 11.4 Å². The van der Waals surface area contributed by atoms with Crippen LogP contribution in [-0.4, -0.2) is 95.8 Å². The van der Waals surface area contributed by atoms with Crippen LogP contribution in [0.2, 0.25) is 30.1 Å². The van der Waals surface area contributed by atoms with E-state index in [1.807, 2.05) is 95.9 Å². The highest BCUT2D eigenvalue weighted by Crippen LogP contribution is 2.43. The van der Waals surface area contributed by atoms with Crippen molar-refractivity contribution >= 4 is 231 Å². The minimum Gasteiger partial charge on any atom is -0.480 e. The van der Waals surface area contributed by atoms with Crippen LogP contribution in [-0.2, 0) is 87.2 Å². The predicted molar refractivity (Wildman–Crippen MR) is 576 cm³/mol. The van der Waals surface area contributed by atoms with E-state index in [1.165, 1.54) is 118 Å². The van der Waals surface area contributed by atoms with Crippen molar-refractivity contribution in [3.63, 3.8) is 0 Å². The highest BCUT2D eigenvalue weighted by molar-refractivity contribution is 6.43. The van der Waals surface area contributed by atoms with Crippen LogP contribution in [0.25, 0.3) is 115 Å². The molecule has 6 heterocycles. The van der Waals surface area contributed by atoms with Crippen LogP contribution in [0.15, 0.2) is 291 Å². The van der Waals surface area contributed by atoms with Gasteiger partial charge in [0.05, 0.1) is 85.7 Å². The number of hydrogen-bond donors (Lipinski definition) is 6. The Morgan fingerprint density at radius 2 is 0.778 bits per heavy atom. The Hall–Kier alpha value is -14.7. The molecule has 732 valence electrons. The number of para-hydroxylation sites is 6. The molecule has 0 unspecified atom stereocenters. The number of pyridine rings is 5. The molecule has 0 radical (unpaired) electrons. The Bertz CT molecular complexity index is 8590. The molecular weight excluding hydrogens is 1950 g/mol. The first-order valence-corrected chi connectivity index (χ1v) is 49.2. The number of anilines is 2. The van der Waals surface area contributed by atoms with Gasteiger partial charge in [-0.1, -0.05) is 249 Å². The zero-order valence-electron chi connectivity index (χ0n) is 78.5. The third-order valence-corrected chi connectivity index (χ3v) is 28.5. The van der Waals surface area contributed by atoms with Crippen molar-refractivity contribution in [3.8, 4) is 0 Å². The first-order valence-electron chi connectivity index (χ1n) is 46.9. The molecule has 2 aliphatic carbocycles. The zero-order chi connectivity index (χ0) is 102. The number of fused-ring (bicyclic) bond motifs is 12. The predicted octanol–water partition coefficient (Wildman–Crippen LogP) is 25.1. The second-order valence-electron chi connectivity index (χ2n) is 36.9. The number of aryl methyl sites for hydroxylation is 4. The van der Waals surface area contributed by atoms with E-state index in [0.717, 1.165) is 66.9 Å². The fourth-order valence-electron chi connectivity index (χ4n) is 20.0. The number of aliphatic carboxylic acids is 6. The van der Waals surface area contributed by atoms with E-state index < -0.39 is 35.8 Å². The van der Waals surface area contributed by atoms with Gasteiger partial charge >= 0.3 is 35.8 Å². The van der Waals surface area contributed by atoms with Gasteiger partial charge in [-0.05, 0) is 241 Å². The third-order valence-electron chi connectivity index (χ3n) is 26.6. The lowest BCUT2D eigenvalue weighted by Crippen LogP contribution is -2.29. The molecule has 5 aromatic heterocycles. The molecule has 0 atom stereocenters. The lowest BCUT2D eigenvalue weighted by Gasteiger charge is -2.32. The number of benzene rings is 13. The first-order chi connectivity index (χ1) is 69.1. The van der Waals surface area contributed by atoms with E-state index in [4.69, 9.17) is 84.9 Å². The van der Waals surface area contributed by atoms with Crippen molar-refractivity contribution in [2.24, 2.45) is 11.3 Å². The topological polar surface area (TPSA) is 337 Å². The van der Waals surface area contributed by atoms with Gasteiger partial charge in [-0.3, -0.25) is 52.7 Å². The van der Waals surface area contributed by atoms with Crippen molar-refractivity contribution < 1.29 is 59.4 Å². The summed E-state index contributed by atoms with van der Waals surface area (Å²) in [7, 11) is 0. The van der Waals surface area contributed by atoms with E-state index in [-0.39, 0.29) is 97.3 Å². The van der Waals surface area contributed by atoms with Crippen LogP contribution in [0.1, 0.15) is 111 Å². The number of carboxylic acids is 6. The number of halogens is 6. The number of carbonyl (C=O) groups is 6. The summed E-state index contributed by atoms with van der Waals surface area (Å²) in [6.45, 7) is 5.43. The maximum atomic E-state index is 13.1. The monoisotopic (exact) mass is 2040 g/mol. The van der Waals surface area contributed by atoms with Crippen molar-refractivity contribution in [1.29, 1.82) is 0 Å². The summed E-state index contributed by atoms with van der Waals surface area (Å²) in [5.74, 6) is -4.81. The van der Waals surface area contributed by atoms with Crippen molar-refractivity contribution in [3.05, 3.63) is 387 Å². The summed E-state index contributed by atoms with van der Waals surface area (Å²) in [5.41, 5.74) is 16.8. The molecule has 3 aliphatic rings. The number of aromatic nitrogens is 5. The van der Waals surface area contributed by atoms with Gasteiger partial charge in [0.15, 0.2) is 27.1 Å². The molecule has 1 fully saturated rings. The number of hydrogen-bond acceptors (Lipinski definition) is 12. The summed E-state index contributed by atoms with van der Waals surface area (Å²) in [6, 6.07) is 78.7. The SMILES string of the molecule is CC1(C)CCC=C(c2ccc3c(c2)c(=O)c2ccccc2n3CC(=O)O)C1.Cc1ccccc1CCc1ccc2c(c1)c(=O)c1ccccc1n2CC(=O)O.O=C(O)CN1c2ccccc2Cc2cc(CCC3CCCCC3)ccc21.O=C(O)Cn1c2ccccc2c(=O)c2c(Cl)ccc(Cl)c21.O=C(O)Cn1c2ccccc2c(=O)c2cc(Cl)c(Cl)cc21.O=C(O)Cn1c2ccccc2c(=O)c2cc(Cl)cc(Cl)c21. The molecule has 23 nitrogen and oxygen atoms in total. The van der Waals surface area contributed by atoms with Gasteiger partial charge in [-0.15, -0.1) is 0 Å². The summed E-state index contributed by atoms with van der Waals surface area (Å²) in [4.78, 5) is 133. The highest BCUT2D eigenvalue weighted by Gasteiger charge is 2.29. The molecule has 0 saturated heterocycles. The molecule has 29 heteroatoms. The third kappa shape index (κ3) is 22.5. The Balaban J connectivity index is 0.000000124. The van der Waals surface area contributed by atoms with Gasteiger partial charge in [0.2, 0.25) is 0 Å². The average molecular weight is 2050 g/mol. The first kappa shape index (κ1) is 102. The molecule has 144 heavy (non-hydrogen) atoms. The van der Waals surface area contributed by atoms with Gasteiger partial charge in [0.25, 0.3) is 0 Å². The standard InChI is InChI=1S/C24H21NO3.C23H23NO3.C23H27NO2.3C15H9Cl2NO3/c1-16-6-2-3-7-18(16)12-10-17-11-13-22-20(14-17)24(28)19-8-4-5-9-21(19)25(22)15-23(26)27;1-23(2)11-5-6-16(13-23)15-9-10-20-18(12-15)22(27)17-7-3-4-8-19(17)24(20)14-21(25)26;25-23(26)16-24-21-9-5-4-8-19(21)15-20-14-18(12-13-22(20)24)11-10-17-6-2-1-3-7-17;16-8-5-10-14(11(17)6-8)18(7-13(19)20)12-4-2-1-3-9(12)15(10)21;16-10-5-9-13(6-11(10)17)18(7-14(19)20)12-4-2-1-3-8(12)15(9)21;16-9-5-6-10(17)14-13(9)15(21)8-3-1-2-4-11(8)18(14)7-12(19)20/h2-9,11,13-14H,10,12,15H2,1H3,(H,26,27);3-4,6-10,12H,5,11,13-14H2,1-2H3,(H,25,26);4-5,8-9,12-14,17H,1-3,6-7,10-11,15-16H2,(H,25,26);3*1-6H,7H2,(H,19,20). The minimum atomic E-state index is -1.03. The molecule has 1 aliphatic heterocycles. The molecule has 13 aromatic carbocycles. The molecule has 18 aromatic rings. The van der Waals surface area contributed by atoms with Crippen LogP contribution in [0.5, 0.6) is 0 Å². The van der Waals surface area contributed by atoms with Crippen LogP contribution in [0.3, 0.4) is 0 Å². The van der Waals surface area contributed by atoms with E-state index in [2.05, 4.69) is 63.2 Å². The maximum absolute atomic E-state index is 13.1. The van der Waals surface area contributed by atoms with Gasteiger partial charge < -0.3 is 58.4 Å². The fraction of sp³-hybridized carbons (Fsp3) is 0.209. The quantitative estimate of drug-likeness (QED) is 0.0410. The summed E-state index contributed by atoms with van der Waals surface area (Å²) in [5, 5.41) is 61.6. The molecule has 0 spiro atoms. The number of rotatable bonds is 19. The Kier molecular flexibility index (Phi) is 31.6. The summed E-state index contributed by atoms with van der Waals surface area (Å²) >= 11 is 36.4. The van der Waals surface area contributed by atoms with Crippen LogP contribution < -0.4 is 32.0 Å². The van der Waals surface area contributed by atoms with Gasteiger partial charge in [-0.25, -0.2) is 0 Å². The van der Waals surface area contributed by atoms with Gasteiger partial charge in [0.1, 0.15) is 39.3 Å². The molecular formula is C115H98Cl6N6O17. The van der Waals surface area contributed by atoms with E-state index >= 15 is 0 Å². The normalized spacial score (nSPS) is 13.2. The van der Waals surface area contributed by atoms with Crippen molar-refractivity contribution in [2.75, 3.05) is 11.4 Å². The molecule has 0 amide bonds. The smallest absolute Gasteiger partial charge is 0.323 e. The zero-order valence-corrected chi connectivity index (χ0v) is 83.1. The largest absolute Gasteiger partial charge is 0.480 e. The van der Waals surface area contributed by atoms with E-state index in [9.17, 15) is 68.1 Å². The van der Waals surface area contributed by atoms with Gasteiger partial charge in [-0.2, -0.15) is 0 Å². The Morgan fingerprint density at radius 1 is 0.347 bits per heavy atom.